The van der Waals surface area contributed by atoms with E-state index < -0.39 is 18.3 Å². The summed E-state index contributed by atoms with van der Waals surface area (Å²) >= 11 is 0. The van der Waals surface area contributed by atoms with Crippen LogP contribution in [-0.2, 0) is 14.1 Å². The van der Waals surface area contributed by atoms with Crippen molar-refractivity contribution in [3.8, 4) is 0 Å². The molecule has 0 bridgehead atoms. The quantitative estimate of drug-likeness (QED) is 0.610. The number of carbonyl (C=O) groups is 1. The van der Waals surface area contributed by atoms with Crippen molar-refractivity contribution >= 4 is 29.7 Å². The van der Waals surface area contributed by atoms with Crippen LogP contribution in [0.1, 0.15) is 44.9 Å². The van der Waals surface area contributed by atoms with E-state index in [1.165, 1.54) is 6.20 Å². The highest BCUT2D eigenvalue weighted by Gasteiger charge is 2.51. The van der Waals surface area contributed by atoms with Gasteiger partial charge in [-0.05, 0) is 65.2 Å². The summed E-state index contributed by atoms with van der Waals surface area (Å²) in [6, 6.07) is 9.18. The molecule has 0 saturated carbocycles. The Morgan fingerprint density at radius 1 is 1.03 bits per heavy atom. The summed E-state index contributed by atoms with van der Waals surface area (Å²) < 4.78 is 12.1. The maximum atomic E-state index is 12.7. The van der Waals surface area contributed by atoms with Gasteiger partial charge in [0.15, 0.2) is 5.82 Å². The van der Waals surface area contributed by atoms with E-state index in [4.69, 9.17) is 15.0 Å². The van der Waals surface area contributed by atoms with Gasteiger partial charge in [0.1, 0.15) is 0 Å². The molecular formula is C21H27BN4O3. The minimum Gasteiger partial charge on any atom is -0.404 e. The van der Waals surface area contributed by atoms with Gasteiger partial charge < -0.3 is 20.4 Å². The largest absolute Gasteiger partial charge is 0.494 e. The summed E-state index contributed by atoms with van der Waals surface area (Å²) in [7, 11) is -0.451. The lowest BCUT2D eigenvalue weighted by Crippen LogP contribution is -2.41. The first kappa shape index (κ1) is 21.0. The standard InChI is InChI=1S/C21H27BN4O3/c1-13-11-14(2)25-18(24-13)17(12-23)19(27)26-16-9-7-15(8-10-16)22-28-20(3,4)21(5,6)29-22/h7-12H,23H2,1-6H3,(H,26,27). The van der Waals surface area contributed by atoms with E-state index in [0.717, 1.165) is 16.9 Å². The normalized spacial score (nSPS) is 18.0. The zero-order valence-corrected chi connectivity index (χ0v) is 17.7. The maximum Gasteiger partial charge on any atom is 0.494 e. The smallest absolute Gasteiger partial charge is 0.404 e. The van der Waals surface area contributed by atoms with Gasteiger partial charge in [0, 0.05) is 23.3 Å². The molecule has 0 atom stereocenters. The van der Waals surface area contributed by atoms with Crippen LogP contribution in [0.25, 0.3) is 5.57 Å². The fourth-order valence-corrected chi connectivity index (χ4v) is 3.00. The Labute approximate surface area is 171 Å². The number of hydrogen-bond acceptors (Lipinski definition) is 6. The molecular weight excluding hydrogens is 367 g/mol. The minimum absolute atomic E-state index is 0.215. The molecule has 1 saturated heterocycles. The average molecular weight is 394 g/mol. The number of benzene rings is 1. The molecule has 2 aromatic rings. The Kier molecular flexibility index (Phi) is 5.51. The molecule has 8 heteroatoms. The monoisotopic (exact) mass is 394 g/mol. The van der Waals surface area contributed by atoms with Crippen LogP contribution < -0.4 is 16.5 Å². The highest BCUT2D eigenvalue weighted by molar-refractivity contribution is 6.62. The lowest BCUT2D eigenvalue weighted by Gasteiger charge is -2.32. The molecule has 0 radical (unpaired) electrons. The van der Waals surface area contributed by atoms with Crippen molar-refractivity contribution in [2.24, 2.45) is 5.73 Å². The molecule has 2 heterocycles. The van der Waals surface area contributed by atoms with E-state index in [0.29, 0.717) is 11.5 Å². The Bertz CT molecular complexity index is 919. The lowest BCUT2D eigenvalue weighted by atomic mass is 9.79. The van der Waals surface area contributed by atoms with Crippen LogP contribution in [0.5, 0.6) is 0 Å². The van der Waals surface area contributed by atoms with Crippen LogP contribution in [0.15, 0.2) is 36.5 Å². The number of nitrogens with two attached hydrogens (primary N) is 1. The number of carbonyl (C=O) groups excluding carboxylic acids is 1. The number of nitrogens with zero attached hydrogens (tertiary/aromatic N) is 2. The number of anilines is 1. The second-order valence-electron chi connectivity index (χ2n) is 8.22. The molecule has 1 aromatic heterocycles. The first-order valence-corrected chi connectivity index (χ1v) is 9.54. The molecule has 152 valence electrons. The van der Waals surface area contributed by atoms with Gasteiger partial charge in [-0.15, -0.1) is 0 Å². The van der Waals surface area contributed by atoms with Gasteiger partial charge in [0.25, 0.3) is 5.91 Å². The fraction of sp³-hybridized carbons (Fsp3) is 0.381. The number of nitrogens with one attached hydrogen (secondary N) is 1. The molecule has 7 nitrogen and oxygen atoms in total. The molecule has 0 unspecified atom stereocenters. The van der Waals surface area contributed by atoms with E-state index in [2.05, 4.69) is 15.3 Å². The molecule has 1 aliphatic rings. The van der Waals surface area contributed by atoms with Gasteiger partial charge in [-0.3, -0.25) is 4.79 Å². The number of amides is 1. The summed E-state index contributed by atoms with van der Waals surface area (Å²) in [6.07, 6.45) is 1.22. The number of aryl methyl sites for hydroxylation is 2. The van der Waals surface area contributed by atoms with Crippen molar-refractivity contribution in [3.05, 3.63) is 53.7 Å². The predicted octanol–water partition coefficient (Wildman–Crippen LogP) is 2.33. The Hall–Kier alpha value is -2.71. The Morgan fingerprint density at radius 3 is 2.03 bits per heavy atom. The maximum absolute atomic E-state index is 12.7. The molecule has 1 fully saturated rings. The zero-order chi connectivity index (χ0) is 21.4. The van der Waals surface area contributed by atoms with Crippen molar-refractivity contribution in [2.75, 3.05) is 5.32 Å². The van der Waals surface area contributed by atoms with Crippen molar-refractivity contribution in [2.45, 2.75) is 52.7 Å². The minimum atomic E-state index is -0.451. The summed E-state index contributed by atoms with van der Waals surface area (Å²) in [5.41, 5.74) is 8.13. The molecule has 0 aliphatic carbocycles. The second kappa shape index (κ2) is 7.61. The molecule has 3 rings (SSSR count). The van der Waals surface area contributed by atoms with Crippen molar-refractivity contribution < 1.29 is 14.1 Å². The van der Waals surface area contributed by atoms with Crippen LogP contribution in [-0.4, -0.2) is 34.2 Å². The molecule has 3 N–H and O–H groups in total. The van der Waals surface area contributed by atoms with E-state index in [-0.39, 0.29) is 11.5 Å². The van der Waals surface area contributed by atoms with E-state index in [9.17, 15) is 4.79 Å². The molecule has 1 amide bonds. The topological polar surface area (TPSA) is 99.4 Å². The Balaban J connectivity index is 1.73. The number of hydrogen-bond donors (Lipinski definition) is 2. The highest BCUT2D eigenvalue weighted by atomic mass is 16.7. The summed E-state index contributed by atoms with van der Waals surface area (Å²) in [5.74, 6) is -0.0720. The SMILES string of the molecule is Cc1cc(C)nc(C(=CN)C(=O)Nc2ccc(B3OC(C)(C)C(C)(C)O3)cc2)n1. The van der Waals surface area contributed by atoms with Crippen LogP contribution in [0, 0.1) is 13.8 Å². The molecule has 0 spiro atoms. The van der Waals surface area contributed by atoms with Gasteiger partial charge >= 0.3 is 7.12 Å². The molecule has 1 aliphatic heterocycles. The van der Waals surface area contributed by atoms with E-state index in [1.807, 2.05) is 59.7 Å². The zero-order valence-electron chi connectivity index (χ0n) is 17.7. The summed E-state index contributed by atoms with van der Waals surface area (Å²) in [6.45, 7) is 11.7. The van der Waals surface area contributed by atoms with Crippen molar-refractivity contribution in [1.82, 2.24) is 9.97 Å². The first-order valence-electron chi connectivity index (χ1n) is 9.54. The summed E-state index contributed by atoms with van der Waals surface area (Å²) in [4.78, 5) is 21.3. The van der Waals surface area contributed by atoms with Crippen molar-refractivity contribution in [3.63, 3.8) is 0 Å². The third-order valence-corrected chi connectivity index (χ3v) is 5.33. The Morgan fingerprint density at radius 2 is 1.55 bits per heavy atom. The van der Waals surface area contributed by atoms with Gasteiger partial charge in [-0.1, -0.05) is 12.1 Å². The average Bonchev–Trinajstić information content (AvgIpc) is 2.83. The predicted molar refractivity (Wildman–Crippen MR) is 114 cm³/mol. The second-order valence-corrected chi connectivity index (χ2v) is 8.22. The fourth-order valence-electron chi connectivity index (χ4n) is 3.00. The van der Waals surface area contributed by atoms with Gasteiger partial charge in [0.2, 0.25) is 0 Å². The summed E-state index contributed by atoms with van der Waals surface area (Å²) in [5, 5.41) is 2.83. The molecule has 1 aromatic carbocycles. The van der Waals surface area contributed by atoms with Crippen molar-refractivity contribution in [1.29, 1.82) is 0 Å². The van der Waals surface area contributed by atoms with Gasteiger partial charge in [0.05, 0.1) is 16.8 Å². The van der Waals surface area contributed by atoms with E-state index >= 15 is 0 Å². The van der Waals surface area contributed by atoms with Crippen LogP contribution in [0.2, 0.25) is 0 Å². The van der Waals surface area contributed by atoms with Gasteiger partial charge in [-0.2, -0.15) is 0 Å². The van der Waals surface area contributed by atoms with Gasteiger partial charge in [-0.25, -0.2) is 9.97 Å². The van der Waals surface area contributed by atoms with Crippen LogP contribution >= 0.6 is 0 Å². The highest BCUT2D eigenvalue weighted by Crippen LogP contribution is 2.36. The first-order chi connectivity index (χ1) is 13.5. The number of rotatable bonds is 4. The third-order valence-electron chi connectivity index (χ3n) is 5.33. The third kappa shape index (κ3) is 4.33. The number of aromatic nitrogens is 2. The molecule has 29 heavy (non-hydrogen) atoms. The van der Waals surface area contributed by atoms with E-state index in [1.54, 1.807) is 12.1 Å². The van der Waals surface area contributed by atoms with Crippen LogP contribution in [0.3, 0.4) is 0 Å². The van der Waals surface area contributed by atoms with Crippen LogP contribution in [0.4, 0.5) is 5.69 Å². The lowest BCUT2D eigenvalue weighted by molar-refractivity contribution is -0.111.